The second-order valence-corrected chi connectivity index (χ2v) is 2.74. The van der Waals surface area contributed by atoms with Crippen LogP contribution in [-0.2, 0) is 4.79 Å². The van der Waals surface area contributed by atoms with E-state index in [0.717, 1.165) is 6.07 Å². The van der Waals surface area contributed by atoms with E-state index in [9.17, 15) is 14.9 Å². The third-order valence-corrected chi connectivity index (χ3v) is 1.61. The molecule has 76 valence electrons. The summed E-state index contributed by atoms with van der Waals surface area (Å²) in [4.78, 5) is 24.2. The van der Waals surface area contributed by atoms with Crippen LogP contribution in [-0.4, -0.2) is 15.8 Å². The highest BCUT2D eigenvalue weighted by molar-refractivity contribution is 6.29. The van der Waals surface area contributed by atoms with Gasteiger partial charge in [-0.15, -0.1) is 6.42 Å². The lowest BCUT2D eigenvalue weighted by molar-refractivity contribution is -0.384. The molecule has 0 fully saturated rings. The lowest BCUT2D eigenvalue weighted by Crippen LogP contribution is -2.11. The molecule has 0 bridgehead atoms. The summed E-state index contributed by atoms with van der Waals surface area (Å²) in [7, 11) is 0. The molecule has 1 heterocycles. The number of aromatic nitrogens is 1. The number of amides is 1. The predicted octanol–water partition coefficient (Wildman–Crippen LogP) is 1.21. The molecular formula is C8H4ClN3O3. The van der Waals surface area contributed by atoms with Crippen molar-refractivity contribution in [3.8, 4) is 12.3 Å². The van der Waals surface area contributed by atoms with Crippen LogP contribution in [0.2, 0.25) is 5.15 Å². The van der Waals surface area contributed by atoms with E-state index in [1.54, 1.807) is 5.92 Å². The summed E-state index contributed by atoms with van der Waals surface area (Å²) in [5.41, 5.74) is -0.372. The first-order valence-electron chi connectivity index (χ1n) is 3.63. The minimum absolute atomic E-state index is 0.0212. The topological polar surface area (TPSA) is 85.1 Å². The molecular weight excluding hydrogens is 222 g/mol. The summed E-state index contributed by atoms with van der Waals surface area (Å²) >= 11 is 5.51. The van der Waals surface area contributed by atoms with Crippen molar-refractivity contribution in [3.63, 3.8) is 0 Å². The van der Waals surface area contributed by atoms with Crippen LogP contribution < -0.4 is 5.32 Å². The number of hydrogen-bond acceptors (Lipinski definition) is 4. The molecule has 15 heavy (non-hydrogen) atoms. The number of carbonyl (C=O) groups is 1. The number of carbonyl (C=O) groups excluding carboxylic acids is 1. The molecule has 1 aromatic heterocycles. The quantitative estimate of drug-likeness (QED) is 0.355. The molecule has 1 N–H and O–H groups in total. The number of pyridine rings is 1. The van der Waals surface area contributed by atoms with Crippen molar-refractivity contribution >= 4 is 29.0 Å². The fourth-order valence-electron chi connectivity index (χ4n) is 0.811. The zero-order chi connectivity index (χ0) is 11.4. The maximum Gasteiger partial charge on any atom is 0.311 e. The fourth-order valence-corrected chi connectivity index (χ4v) is 0.958. The summed E-state index contributed by atoms with van der Waals surface area (Å²) < 4.78 is 0. The normalized spacial score (nSPS) is 9.07. The fraction of sp³-hybridized carbons (Fsp3) is 0. The van der Waals surface area contributed by atoms with Crippen molar-refractivity contribution in [3.05, 3.63) is 27.4 Å². The Labute approximate surface area is 89.4 Å². The van der Waals surface area contributed by atoms with Crippen LogP contribution in [0.5, 0.6) is 0 Å². The molecule has 0 radical (unpaired) electrons. The van der Waals surface area contributed by atoms with Gasteiger partial charge >= 0.3 is 11.6 Å². The molecule has 0 saturated carbocycles. The first-order valence-corrected chi connectivity index (χ1v) is 4.01. The SMILES string of the molecule is C#CC(=O)Nc1nc(Cl)ccc1[N+](=O)[O-]. The highest BCUT2D eigenvalue weighted by Gasteiger charge is 2.16. The Morgan fingerprint density at radius 1 is 1.67 bits per heavy atom. The first-order chi connectivity index (χ1) is 7.04. The Bertz CT molecular complexity index is 467. The molecule has 0 aliphatic heterocycles. The van der Waals surface area contributed by atoms with Crippen LogP contribution in [0, 0.1) is 22.5 Å². The zero-order valence-electron chi connectivity index (χ0n) is 7.23. The first kappa shape index (κ1) is 10.9. The van der Waals surface area contributed by atoms with Crippen LogP contribution in [0.4, 0.5) is 11.5 Å². The highest BCUT2D eigenvalue weighted by Crippen LogP contribution is 2.23. The number of rotatable bonds is 2. The van der Waals surface area contributed by atoms with Gasteiger partial charge in [0.05, 0.1) is 4.92 Å². The van der Waals surface area contributed by atoms with Gasteiger partial charge in [-0.05, 0) is 12.0 Å². The molecule has 0 aliphatic carbocycles. The van der Waals surface area contributed by atoms with Gasteiger partial charge < -0.3 is 0 Å². The standard InChI is InChI=1S/C8H4ClN3O3/c1-2-7(13)11-8-5(12(14)15)3-4-6(9)10-8/h1,3-4H,(H,10,11,13). The largest absolute Gasteiger partial charge is 0.311 e. The molecule has 1 aromatic rings. The molecule has 7 heteroatoms. The number of nitrogens with zero attached hydrogens (tertiary/aromatic N) is 2. The number of nitrogens with one attached hydrogen (secondary N) is 1. The molecule has 0 atom stereocenters. The Morgan fingerprint density at radius 3 is 2.87 bits per heavy atom. The van der Waals surface area contributed by atoms with Gasteiger partial charge in [0, 0.05) is 6.07 Å². The Hall–Kier alpha value is -2.13. The van der Waals surface area contributed by atoms with Gasteiger partial charge in [0.25, 0.3) is 0 Å². The second-order valence-electron chi connectivity index (χ2n) is 2.36. The molecule has 0 aromatic carbocycles. The van der Waals surface area contributed by atoms with Gasteiger partial charge in [0.1, 0.15) is 5.15 Å². The second kappa shape index (κ2) is 4.39. The Balaban J connectivity index is 3.14. The van der Waals surface area contributed by atoms with Crippen LogP contribution >= 0.6 is 11.6 Å². The lowest BCUT2D eigenvalue weighted by atomic mass is 10.4. The summed E-state index contributed by atoms with van der Waals surface area (Å²) in [6, 6.07) is 2.37. The number of halogens is 1. The maximum atomic E-state index is 10.8. The van der Waals surface area contributed by atoms with E-state index in [-0.39, 0.29) is 16.7 Å². The summed E-state index contributed by atoms with van der Waals surface area (Å²) in [5, 5.41) is 12.6. The van der Waals surface area contributed by atoms with Gasteiger partial charge in [0.15, 0.2) is 0 Å². The minimum atomic E-state index is -0.826. The van der Waals surface area contributed by atoms with Crippen molar-refractivity contribution in [2.45, 2.75) is 0 Å². The van der Waals surface area contributed by atoms with Crippen LogP contribution in [0.1, 0.15) is 0 Å². The molecule has 0 aliphatic rings. The predicted molar refractivity (Wildman–Crippen MR) is 53.4 cm³/mol. The van der Waals surface area contributed by atoms with E-state index < -0.39 is 10.8 Å². The summed E-state index contributed by atoms with van der Waals surface area (Å²) in [6.07, 6.45) is 4.79. The summed E-state index contributed by atoms with van der Waals surface area (Å²) in [6.45, 7) is 0. The highest BCUT2D eigenvalue weighted by atomic mass is 35.5. The average Bonchev–Trinajstić information content (AvgIpc) is 2.17. The monoisotopic (exact) mass is 225 g/mol. The number of hydrogen-bond donors (Lipinski definition) is 1. The van der Waals surface area contributed by atoms with Crippen molar-refractivity contribution in [2.24, 2.45) is 0 Å². The molecule has 1 amide bonds. The van der Waals surface area contributed by atoms with Crippen molar-refractivity contribution in [1.29, 1.82) is 0 Å². The third kappa shape index (κ3) is 2.65. The van der Waals surface area contributed by atoms with Crippen LogP contribution in [0.3, 0.4) is 0 Å². The lowest BCUT2D eigenvalue weighted by Gasteiger charge is -2.01. The van der Waals surface area contributed by atoms with E-state index in [0.29, 0.717) is 0 Å². The van der Waals surface area contributed by atoms with E-state index >= 15 is 0 Å². The van der Waals surface area contributed by atoms with Gasteiger partial charge in [0.2, 0.25) is 5.82 Å². The molecule has 1 rings (SSSR count). The number of anilines is 1. The Kier molecular flexibility index (Phi) is 3.21. The number of nitro groups is 1. The zero-order valence-corrected chi connectivity index (χ0v) is 7.99. The van der Waals surface area contributed by atoms with Crippen molar-refractivity contribution < 1.29 is 9.72 Å². The number of terminal acetylenes is 1. The van der Waals surface area contributed by atoms with E-state index in [1.165, 1.54) is 6.07 Å². The molecule has 0 spiro atoms. The van der Waals surface area contributed by atoms with Crippen molar-refractivity contribution in [1.82, 2.24) is 4.98 Å². The molecule has 0 saturated heterocycles. The van der Waals surface area contributed by atoms with E-state index in [2.05, 4.69) is 10.3 Å². The molecule has 6 nitrogen and oxygen atoms in total. The molecule has 0 unspecified atom stereocenters. The smallest absolute Gasteiger partial charge is 0.294 e. The van der Waals surface area contributed by atoms with Gasteiger partial charge in [-0.25, -0.2) is 4.98 Å². The summed E-state index contributed by atoms with van der Waals surface area (Å²) in [5.74, 6) is 0.649. The van der Waals surface area contributed by atoms with Gasteiger partial charge in [-0.1, -0.05) is 11.6 Å². The van der Waals surface area contributed by atoms with Crippen molar-refractivity contribution in [2.75, 3.05) is 5.32 Å². The average molecular weight is 226 g/mol. The Morgan fingerprint density at radius 2 is 2.33 bits per heavy atom. The van der Waals surface area contributed by atoms with Crippen LogP contribution in [0.15, 0.2) is 12.1 Å². The van der Waals surface area contributed by atoms with Gasteiger partial charge in [-0.3, -0.25) is 20.2 Å². The van der Waals surface area contributed by atoms with Crippen LogP contribution in [0.25, 0.3) is 0 Å². The van der Waals surface area contributed by atoms with E-state index in [4.69, 9.17) is 18.0 Å². The minimum Gasteiger partial charge on any atom is -0.294 e. The van der Waals surface area contributed by atoms with Gasteiger partial charge in [-0.2, -0.15) is 0 Å². The third-order valence-electron chi connectivity index (χ3n) is 1.40. The van der Waals surface area contributed by atoms with E-state index in [1.807, 2.05) is 0 Å². The maximum absolute atomic E-state index is 10.8.